The fourth-order valence-electron chi connectivity index (χ4n) is 5.15. The normalized spacial score (nSPS) is 16.9. The van der Waals surface area contributed by atoms with Gasteiger partial charge in [0.25, 0.3) is 5.91 Å². The highest BCUT2D eigenvalue weighted by atomic mass is 32.1. The fourth-order valence-corrected chi connectivity index (χ4v) is 6.12. The minimum Gasteiger partial charge on any atom is -0.384 e. The molecule has 2 saturated heterocycles. The first-order valence-corrected chi connectivity index (χ1v) is 14.1. The molecule has 2 fully saturated rings. The van der Waals surface area contributed by atoms with Gasteiger partial charge in [-0.1, -0.05) is 12.5 Å². The molecule has 0 spiro atoms. The first-order valence-electron chi connectivity index (χ1n) is 13.2. The summed E-state index contributed by atoms with van der Waals surface area (Å²) in [4.78, 5) is 31.2. The molecule has 0 atom stereocenters. The highest BCUT2D eigenvalue weighted by Gasteiger charge is 2.22. The zero-order valence-corrected chi connectivity index (χ0v) is 21.8. The molecule has 6 rings (SSSR count). The maximum absolute atomic E-state index is 12.9. The van der Waals surface area contributed by atoms with E-state index < -0.39 is 0 Å². The molecule has 8 nitrogen and oxygen atoms in total. The highest BCUT2D eigenvalue weighted by Crippen LogP contribution is 2.32. The molecule has 0 aliphatic carbocycles. The molecule has 192 valence electrons. The molecule has 4 aromatic rings. The summed E-state index contributed by atoms with van der Waals surface area (Å²) < 4.78 is 6.37. The van der Waals surface area contributed by atoms with Crippen molar-refractivity contribution in [3.63, 3.8) is 0 Å². The Balaban J connectivity index is 1.23. The summed E-state index contributed by atoms with van der Waals surface area (Å²) in [5.41, 5.74) is 4.72. The molecule has 3 aromatic heterocycles. The van der Waals surface area contributed by atoms with Gasteiger partial charge in [-0.15, -0.1) is 11.3 Å². The number of aromatic nitrogens is 3. The van der Waals surface area contributed by atoms with E-state index in [1.165, 1.54) is 43.7 Å². The van der Waals surface area contributed by atoms with Crippen LogP contribution in [-0.4, -0.2) is 83.1 Å². The minimum absolute atomic E-state index is 0.0154. The van der Waals surface area contributed by atoms with Gasteiger partial charge in [0.05, 0.1) is 34.6 Å². The lowest BCUT2D eigenvalue weighted by atomic mass is 10.1. The number of pyridine rings is 2. The summed E-state index contributed by atoms with van der Waals surface area (Å²) in [6, 6.07) is 10.2. The summed E-state index contributed by atoms with van der Waals surface area (Å²) in [6.07, 6.45) is 8.79. The lowest BCUT2D eigenvalue weighted by Gasteiger charge is -2.26. The first kappa shape index (κ1) is 24.2. The van der Waals surface area contributed by atoms with Gasteiger partial charge in [0.15, 0.2) is 5.01 Å². The molecule has 0 radical (unpaired) electrons. The van der Waals surface area contributed by atoms with Crippen molar-refractivity contribution in [1.82, 2.24) is 24.8 Å². The van der Waals surface area contributed by atoms with Crippen LogP contribution in [0, 0.1) is 0 Å². The van der Waals surface area contributed by atoms with E-state index in [2.05, 4.69) is 32.3 Å². The maximum atomic E-state index is 12.9. The Morgan fingerprint density at radius 1 is 1.00 bits per heavy atom. The van der Waals surface area contributed by atoms with Gasteiger partial charge in [-0.2, -0.15) is 0 Å². The number of hydrogen-bond donors (Lipinski definition) is 1. The molecule has 9 heteroatoms. The number of likely N-dealkylation sites (tertiary alicyclic amines) is 1. The first-order chi connectivity index (χ1) is 18.2. The van der Waals surface area contributed by atoms with E-state index >= 15 is 0 Å². The number of anilines is 1. The summed E-state index contributed by atoms with van der Waals surface area (Å²) in [5.74, 6) is -0.0154. The van der Waals surface area contributed by atoms with Gasteiger partial charge in [0.2, 0.25) is 0 Å². The lowest BCUT2D eigenvalue weighted by Crippen LogP contribution is -2.40. The smallest absolute Gasteiger partial charge is 0.283 e. The summed E-state index contributed by atoms with van der Waals surface area (Å²) in [6.45, 7) is 6.89. The molecule has 0 unspecified atom stereocenters. The van der Waals surface area contributed by atoms with Crippen molar-refractivity contribution in [3.8, 4) is 11.3 Å². The van der Waals surface area contributed by atoms with Gasteiger partial charge < -0.3 is 19.9 Å². The Morgan fingerprint density at radius 3 is 2.73 bits per heavy atom. The van der Waals surface area contributed by atoms with Gasteiger partial charge in [0.1, 0.15) is 0 Å². The van der Waals surface area contributed by atoms with Crippen LogP contribution in [0.25, 0.3) is 32.4 Å². The molecule has 1 amide bonds. The number of piperidine rings is 1. The predicted octanol–water partition coefficient (Wildman–Crippen LogP) is 4.67. The third-order valence-electron chi connectivity index (χ3n) is 7.19. The average Bonchev–Trinajstić information content (AvgIpc) is 3.39. The van der Waals surface area contributed by atoms with Crippen LogP contribution in [0.5, 0.6) is 0 Å². The van der Waals surface area contributed by atoms with Crippen LogP contribution < -0.4 is 5.32 Å². The molecule has 2 aliphatic heterocycles. The highest BCUT2D eigenvalue weighted by molar-refractivity contribution is 7.20. The number of carbonyl (C=O) groups is 1. The number of hydrogen-bond acceptors (Lipinski definition) is 8. The van der Waals surface area contributed by atoms with E-state index in [1.807, 2.05) is 29.3 Å². The van der Waals surface area contributed by atoms with Crippen molar-refractivity contribution < 1.29 is 9.53 Å². The topological polar surface area (TPSA) is 83.5 Å². The molecule has 1 N–H and O–H groups in total. The maximum Gasteiger partial charge on any atom is 0.283 e. The molecule has 2 aliphatic rings. The number of benzene rings is 1. The van der Waals surface area contributed by atoms with Crippen molar-refractivity contribution in [2.45, 2.75) is 25.7 Å². The second-order valence-electron chi connectivity index (χ2n) is 9.74. The number of amides is 1. The largest absolute Gasteiger partial charge is 0.384 e. The number of nitrogens with zero attached hydrogens (tertiary/aromatic N) is 5. The quantitative estimate of drug-likeness (QED) is 0.358. The molecule has 37 heavy (non-hydrogen) atoms. The van der Waals surface area contributed by atoms with Crippen molar-refractivity contribution in [3.05, 3.63) is 47.7 Å². The fraction of sp³-hybridized carbons (Fsp3) is 0.429. The molecule has 0 saturated carbocycles. The number of nitrogens with one attached hydrogen (secondary N) is 1. The van der Waals surface area contributed by atoms with Gasteiger partial charge in [0, 0.05) is 48.7 Å². The van der Waals surface area contributed by atoms with Crippen LogP contribution in [0.1, 0.15) is 35.5 Å². The van der Waals surface area contributed by atoms with Crippen LogP contribution in [0.2, 0.25) is 0 Å². The summed E-state index contributed by atoms with van der Waals surface area (Å²) in [5, 5.41) is 5.21. The molecule has 1 aromatic carbocycles. The van der Waals surface area contributed by atoms with Crippen molar-refractivity contribution in [2.24, 2.45) is 0 Å². The number of ether oxygens (including phenoxy) is 1. The van der Waals surface area contributed by atoms with E-state index in [1.54, 1.807) is 6.20 Å². The van der Waals surface area contributed by atoms with Crippen molar-refractivity contribution >= 4 is 44.1 Å². The van der Waals surface area contributed by atoms with Crippen LogP contribution in [0.3, 0.4) is 0 Å². The van der Waals surface area contributed by atoms with Gasteiger partial charge in [-0.05, 0) is 63.2 Å². The monoisotopic (exact) mass is 516 g/mol. The SMILES string of the molecule is O=C(c1nc2ccc(-c3cc(NCCCN4CCCCC4)c4cnccc4n3)cc2s1)N1CCOCC1. The summed E-state index contributed by atoms with van der Waals surface area (Å²) in [7, 11) is 0. The summed E-state index contributed by atoms with van der Waals surface area (Å²) >= 11 is 1.44. The van der Waals surface area contributed by atoms with Crippen LogP contribution in [0.4, 0.5) is 5.69 Å². The Labute approximate surface area is 220 Å². The number of fused-ring (bicyclic) bond motifs is 2. The third-order valence-corrected chi connectivity index (χ3v) is 8.20. The average molecular weight is 517 g/mol. The Hall–Kier alpha value is -3.14. The molecule has 5 heterocycles. The Morgan fingerprint density at radius 2 is 1.86 bits per heavy atom. The second kappa shape index (κ2) is 11.1. The third kappa shape index (κ3) is 5.44. The minimum atomic E-state index is -0.0154. The zero-order valence-electron chi connectivity index (χ0n) is 21.0. The number of rotatable bonds is 7. The molecular formula is C28H32N6O2S. The number of carbonyl (C=O) groups excluding carboxylic acids is 1. The van der Waals surface area contributed by atoms with Crippen LogP contribution in [0.15, 0.2) is 42.7 Å². The number of morpholine rings is 1. The van der Waals surface area contributed by atoms with Gasteiger partial charge in [-0.25, -0.2) is 9.97 Å². The zero-order chi connectivity index (χ0) is 25.0. The van der Waals surface area contributed by atoms with E-state index in [0.717, 1.165) is 57.6 Å². The van der Waals surface area contributed by atoms with Gasteiger partial charge >= 0.3 is 0 Å². The number of thiazole rings is 1. The van der Waals surface area contributed by atoms with E-state index in [4.69, 9.17) is 9.72 Å². The Bertz CT molecular complexity index is 1390. The van der Waals surface area contributed by atoms with E-state index in [-0.39, 0.29) is 5.91 Å². The van der Waals surface area contributed by atoms with Crippen molar-refractivity contribution in [1.29, 1.82) is 0 Å². The van der Waals surface area contributed by atoms with E-state index in [0.29, 0.717) is 31.3 Å². The predicted molar refractivity (Wildman–Crippen MR) is 148 cm³/mol. The van der Waals surface area contributed by atoms with Crippen LogP contribution >= 0.6 is 11.3 Å². The van der Waals surface area contributed by atoms with Crippen LogP contribution in [-0.2, 0) is 4.74 Å². The standard InChI is InChI=1S/C28H32N6O2S/c35-28(34-13-15-36-16-14-34)27-32-23-6-5-20(17-26(23)37-27)24-18-25(21-19-29-9-7-22(21)31-24)30-8-4-12-33-10-2-1-3-11-33/h5-7,9,17-19H,1-4,8,10-16H2,(H,30,31). The molecular weight excluding hydrogens is 484 g/mol. The van der Waals surface area contributed by atoms with Crippen molar-refractivity contribution in [2.75, 3.05) is 57.8 Å². The Kier molecular flexibility index (Phi) is 7.25. The second-order valence-corrected chi connectivity index (χ2v) is 10.8. The van der Waals surface area contributed by atoms with E-state index in [9.17, 15) is 4.79 Å². The lowest BCUT2D eigenvalue weighted by molar-refractivity contribution is 0.0303. The van der Waals surface area contributed by atoms with Gasteiger partial charge in [-0.3, -0.25) is 9.78 Å². The molecule has 0 bridgehead atoms.